The highest BCUT2D eigenvalue weighted by molar-refractivity contribution is 6.06. The van der Waals surface area contributed by atoms with Crippen LogP contribution >= 0.6 is 0 Å². The molecule has 146 valence electrons. The molecule has 0 bridgehead atoms. The minimum atomic E-state index is -1.04. The van der Waals surface area contributed by atoms with Crippen LogP contribution in [-0.2, 0) is 16.0 Å². The van der Waals surface area contributed by atoms with Gasteiger partial charge in [0.05, 0.1) is 22.3 Å². The number of nitrogens with zero attached hydrogens (tertiary/aromatic N) is 2. The molecule has 0 aliphatic carbocycles. The quantitative estimate of drug-likeness (QED) is 0.664. The van der Waals surface area contributed by atoms with Gasteiger partial charge < -0.3 is 10.1 Å². The van der Waals surface area contributed by atoms with Crippen LogP contribution in [-0.4, -0.2) is 23.0 Å². The largest absolute Gasteiger partial charge is 0.449 e. The second-order valence-electron chi connectivity index (χ2n) is 6.62. The molecular formula is C23H21N3O3. The number of pyridine rings is 1. The zero-order valence-electron chi connectivity index (χ0n) is 16.5. The van der Waals surface area contributed by atoms with Gasteiger partial charge in [-0.3, -0.25) is 9.78 Å². The summed E-state index contributed by atoms with van der Waals surface area (Å²) < 4.78 is 5.47. The number of rotatable bonds is 5. The van der Waals surface area contributed by atoms with E-state index in [4.69, 9.17) is 10.00 Å². The van der Waals surface area contributed by atoms with Crippen molar-refractivity contribution in [2.45, 2.75) is 33.3 Å². The van der Waals surface area contributed by atoms with Gasteiger partial charge in [0.25, 0.3) is 5.91 Å². The number of nitriles is 1. The third-order valence-corrected chi connectivity index (χ3v) is 4.73. The molecule has 3 aromatic rings. The second kappa shape index (κ2) is 8.53. The van der Waals surface area contributed by atoms with Crippen LogP contribution in [0.2, 0.25) is 0 Å². The van der Waals surface area contributed by atoms with E-state index in [9.17, 15) is 9.59 Å². The van der Waals surface area contributed by atoms with Gasteiger partial charge >= 0.3 is 5.97 Å². The summed E-state index contributed by atoms with van der Waals surface area (Å²) in [5.41, 5.74) is 3.41. The number of fused-ring (bicyclic) bond motifs is 1. The Morgan fingerprint density at radius 3 is 2.59 bits per heavy atom. The van der Waals surface area contributed by atoms with Crippen LogP contribution < -0.4 is 5.32 Å². The standard InChI is InChI=1S/C23H21N3O3/c1-4-18-14(2)21(17-10-6-8-12-20(17)25-18)23(28)29-15(3)22(27)26-19-11-7-5-9-16(19)13-24/h5-12,15H,4H2,1-3H3,(H,26,27)/t15-/m1/s1. The molecule has 1 amide bonds. The van der Waals surface area contributed by atoms with E-state index in [1.54, 1.807) is 24.3 Å². The molecule has 0 spiro atoms. The Kier molecular flexibility index (Phi) is 5.89. The minimum Gasteiger partial charge on any atom is -0.449 e. The molecule has 0 aliphatic rings. The SMILES string of the molecule is CCc1nc2ccccc2c(C(=O)O[C@H](C)C(=O)Nc2ccccc2C#N)c1C. The molecule has 0 radical (unpaired) electrons. The lowest BCUT2D eigenvalue weighted by atomic mass is 10.0. The summed E-state index contributed by atoms with van der Waals surface area (Å²) in [7, 11) is 0. The van der Waals surface area contributed by atoms with Crippen LogP contribution in [0.4, 0.5) is 5.69 Å². The van der Waals surface area contributed by atoms with Crippen molar-refractivity contribution in [3.8, 4) is 6.07 Å². The van der Waals surface area contributed by atoms with E-state index < -0.39 is 18.0 Å². The van der Waals surface area contributed by atoms with Crippen molar-refractivity contribution < 1.29 is 14.3 Å². The van der Waals surface area contributed by atoms with Crippen molar-refractivity contribution in [3.63, 3.8) is 0 Å². The van der Waals surface area contributed by atoms with Crippen molar-refractivity contribution in [2.24, 2.45) is 0 Å². The molecule has 0 saturated carbocycles. The predicted octanol–water partition coefficient (Wildman–Crippen LogP) is 4.16. The molecule has 6 nitrogen and oxygen atoms in total. The van der Waals surface area contributed by atoms with E-state index in [0.29, 0.717) is 34.1 Å². The van der Waals surface area contributed by atoms with Crippen molar-refractivity contribution >= 4 is 28.5 Å². The fourth-order valence-electron chi connectivity index (χ4n) is 3.16. The van der Waals surface area contributed by atoms with E-state index in [1.807, 2.05) is 44.2 Å². The van der Waals surface area contributed by atoms with Gasteiger partial charge in [-0.25, -0.2) is 4.79 Å². The lowest BCUT2D eigenvalue weighted by Gasteiger charge is -2.17. The first-order valence-electron chi connectivity index (χ1n) is 9.35. The van der Waals surface area contributed by atoms with E-state index in [2.05, 4.69) is 10.3 Å². The zero-order valence-corrected chi connectivity index (χ0v) is 16.5. The van der Waals surface area contributed by atoms with Crippen molar-refractivity contribution in [1.82, 2.24) is 4.98 Å². The highest BCUT2D eigenvalue weighted by Gasteiger charge is 2.24. The Balaban J connectivity index is 1.86. The number of ether oxygens (including phenoxy) is 1. The maximum absolute atomic E-state index is 13.0. The fraction of sp³-hybridized carbons (Fsp3) is 0.217. The van der Waals surface area contributed by atoms with E-state index in [0.717, 1.165) is 11.3 Å². The molecule has 1 heterocycles. The summed E-state index contributed by atoms with van der Waals surface area (Å²) in [6.45, 7) is 5.31. The third kappa shape index (κ3) is 4.09. The van der Waals surface area contributed by atoms with Gasteiger partial charge in [-0.15, -0.1) is 0 Å². The van der Waals surface area contributed by atoms with Gasteiger partial charge in [-0.1, -0.05) is 37.3 Å². The minimum absolute atomic E-state index is 0.336. The maximum atomic E-state index is 13.0. The highest BCUT2D eigenvalue weighted by Crippen LogP contribution is 2.25. The number of hydrogen-bond acceptors (Lipinski definition) is 5. The Hall–Kier alpha value is -3.72. The molecule has 0 aliphatic heterocycles. The summed E-state index contributed by atoms with van der Waals surface area (Å²) in [6.07, 6.45) is -0.358. The highest BCUT2D eigenvalue weighted by atomic mass is 16.5. The smallest absolute Gasteiger partial charge is 0.339 e. The first kappa shape index (κ1) is 20.0. The van der Waals surface area contributed by atoms with Crippen LogP contribution in [0, 0.1) is 18.3 Å². The summed E-state index contributed by atoms with van der Waals surface area (Å²) in [6, 6.07) is 16.0. The van der Waals surface area contributed by atoms with Gasteiger partial charge in [-0.05, 0) is 44.0 Å². The van der Waals surface area contributed by atoms with Crippen LogP contribution in [0.1, 0.15) is 41.0 Å². The van der Waals surface area contributed by atoms with E-state index in [1.165, 1.54) is 6.92 Å². The number of hydrogen-bond donors (Lipinski definition) is 1. The number of carbonyl (C=O) groups is 2. The number of anilines is 1. The van der Waals surface area contributed by atoms with E-state index >= 15 is 0 Å². The van der Waals surface area contributed by atoms with Gasteiger partial charge in [0.15, 0.2) is 6.10 Å². The summed E-state index contributed by atoms with van der Waals surface area (Å²) >= 11 is 0. The molecule has 1 atom stereocenters. The average molecular weight is 387 g/mol. The molecule has 0 fully saturated rings. The number of aromatic nitrogens is 1. The van der Waals surface area contributed by atoms with Crippen molar-refractivity contribution in [1.29, 1.82) is 5.26 Å². The zero-order chi connectivity index (χ0) is 21.0. The third-order valence-electron chi connectivity index (χ3n) is 4.73. The number of aryl methyl sites for hydroxylation is 1. The fourth-order valence-corrected chi connectivity index (χ4v) is 3.16. The topological polar surface area (TPSA) is 92.1 Å². The summed E-state index contributed by atoms with van der Waals surface area (Å²) in [5, 5.41) is 12.5. The number of carbonyl (C=O) groups excluding carboxylic acids is 2. The predicted molar refractivity (Wildman–Crippen MR) is 111 cm³/mol. The molecule has 2 aromatic carbocycles. The molecule has 6 heteroatoms. The van der Waals surface area contributed by atoms with Crippen LogP contribution in [0.5, 0.6) is 0 Å². The van der Waals surface area contributed by atoms with E-state index in [-0.39, 0.29) is 0 Å². The van der Waals surface area contributed by atoms with Crippen LogP contribution in [0.15, 0.2) is 48.5 Å². The summed E-state index contributed by atoms with van der Waals surface area (Å²) in [5.74, 6) is -1.08. The number of benzene rings is 2. The molecule has 0 saturated heterocycles. The normalized spacial score (nSPS) is 11.5. The first-order chi connectivity index (χ1) is 14.0. The second-order valence-corrected chi connectivity index (χ2v) is 6.62. The Morgan fingerprint density at radius 1 is 1.17 bits per heavy atom. The van der Waals surface area contributed by atoms with Crippen LogP contribution in [0.25, 0.3) is 10.9 Å². The molecular weight excluding hydrogens is 366 g/mol. The average Bonchev–Trinajstić information content (AvgIpc) is 2.73. The first-order valence-corrected chi connectivity index (χ1v) is 9.35. The van der Waals surface area contributed by atoms with Crippen LogP contribution in [0.3, 0.4) is 0 Å². The molecule has 1 aromatic heterocycles. The molecule has 0 unspecified atom stereocenters. The Labute approximate surface area is 169 Å². The number of para-hydroxylation sites is 2. The Morgan fingerprint density at radius 2 is 1.86 bits per heavy atom. The number of esters is 1. The molecule has 29 heavy (non-hydrogen) atoms. The van der Waals surface area contributed by atoms with Crippen molar-refractivity contribution in [2.75, 3.05) is 5.32 Å². The number of nitrogens with one attached hydrogen (secondary N) is 1. The lowest BCUT2D eigenvalue weighted by Crippen LogP contribution is -2.30. The van der Waals surface area contributed by atoms with Crippen molar-refractivity contribution in [3.05, 3.63) is 70.9 Å². The number of amides is 1. The summed E-state index contributed by atoms with van der Waals surface area (Å²) in [4.78, 5) is 30.1. The van der Waals surface area contributed by atoms with Gasteiger partial charge in [0, 0.05) is 11.1 Å². The maximum Gasteiger partial charge on any atom is 0.339 e. The van der Waals surface area contributed by atoms with Gasteiger partial charge in [0.2, 0.25) is 0 Å². The molecule has 3 rings (SSSR count). The Bertz CT molecular complexity index is 1130. The molecule has 1 N–H and O–H groups in total. The van der Waals surface area contributed by atoms with Gasteiger partial charge in [0.1, 0.15) is 6.07 Å². The van der Waals surface area contributed by atoms with Gasteiger partial charge in [-0.2, -0.15) is 5.26 Å². The lowest BCUT2D eigenvalue weighted by molar-refractivity contribution is -0.123. The monoisotopic (exact) mass is 387 g/mol.